The van der Waals surface area contributed by atoms with Gasteiger partial charge in [-0.1, -0.05) is 29.8 Å². The van der Waals surface area contributed by atoms with Crippen molar-refractivity contribution in [3.63, 3.8) is 0 Å². The minimum Gasteiger partial charge on any atom is -0.387 e. The number of carbonyl (C=O) groups excluding carboxylic acids is 1. The molecule has 0 bridgehead atoms. The van der Waals surface area contributed by atoms with Crippen molar-refractivity contribution < 1.29 is 9.90 Å². The van der Waals surface area contributed by atoms with Gasteiger partial charge in [0, 0.05) is 36.1 Å². The van der Waals surface area contributed by atoms with Crippen LogP contribution in [0.2, 0.25) is 5.02 Å². The van der Waals surface area contributed by atoms with Gasteiger partial charge in [-0.05, 0) is 18.9 Å². The van der Waals surface area contributed by atoms with Gasteiger partial charge in [-0.25, -0.2) is 0 Å². The number of benzene rings is 1. The highest BCUT2D eigenvalue weighted by molar-refractivity contribution is 6.31. The molecule has 1 aromatic rings. The van der Waals surface area contributed by atoms with Crippen LogP contribution in [0.1, 0.15) is 30.9 Å². The van der Waals surface area contributed by atoms with E-state index < -0.39 is 6.10 Å². The summed E-state index contributed by atoms with van der Waals surface area (Å²) >= 11 is 5.99. The molecule has 1 unspecified atom stereocenters. The van der Waals surface area contributed by atoms with Crippen molar-refractivity contribution in [3.05, 3.63) is 34.9 Å². The van der Waals surface area contributed by atoms with Gasteiger partial charge in [0.05, 0.1) is 6.10 Å². The highest BCUT2D eigenvalue weighted by Crippen LogP contribution is 2.21. The maximum absolute atomic E-state index is 11.4. The molecule has 1 saturated carbocycles. The monoisotopic (exact) mass is 282 g/mol. The van der Waals surface area contributed by atoms with Crippen LogP contribution in [0.4, 0.5) is 0 Å². The first-order valence-corrected chi connectivity index (χ1v) is 6.97. The van der Waals surface area contributed by atoms with Crippen molar-refractivity contribution in [2.24, 2.45) is 0 Å². The van der Waals surface area contributed by atoms with Crippen LogP contribution in [-0.4, -0.2) is 30.1 Å². The number of nitrogens with one attached hydrogen (secondary N) is 2. The SMILES string of the molecule is O=C(CCNCC(O)c1ccccc1Cl)NC1CC1. The van der Waals surface area contributed by atoms with E-state index in [0.29, 0.717) is 36.1 Å². The van der Waals surface area contributed by atoms with Crippen LogP contribution in [0.5, 0.6) is 0 Å². The lowest BCUT2D eigenvalue weighted by Gasteiger charge is -2.13. The Morgan fingerprint density at radius 3 is 2.84 bits per heavy atom. The minimum absolute atomic E-state index is 0.0715. The van der Waals surface area contributed by atoms with Crippen LogP contribution in [-0.2, 0) is 4.79 Å². The third-order valence-electron chi connectivity index (χ3n) is 3.07. The van der Waals surface area contributed by atoms with Gasteiger partial charge < -0.3 is 15.7 Å². The van der Waals surface area contributed by atoms with Crippen LogP contribution in [0.15, 0.2) is 24.3 Å². The second kappa shape index (κ2) is 6.89. The molecule has 0 heterocycles. The van der Waals surface area contributed by atoms with Gasteiger partial charge >= 0.3 is 0 Å². The van der Waals surface area contributed by atoms with Gasteiger partial charge in [0.1, 0.15) is 0 Å². The summed E-state index contributed by atoms with van der Waals surface area (Å²) < 4.78 is 0. The molecule has 1 aliphatic carbocycles. The standard InChI is InChI=1S/C14H19ClN2O2/c15-12-4-2-1-3-11(12)13(18)9-16-8-7-14(19)17-10-5-6-10/h1-4,10,13,16,18H,5-9H2,(H,17,19). The average molecular weight is 283 g/mol. The van der Waals surface area contributed by atoms with Gasteiger partial charge in [-0.3, -0.25) is 4.79 Å². The van der Waals surface area contributed by atoms with E-state index in [1.54, 1.807) is 12.1 Å². The third kappa shape index (κ3) is 4.82. The number of carbonyl (C=O) groups is 1. The van der Waals surface area contributed by atoms with Gasteiger partial charge in [0.2, 0.25) is 5.91 Å². The van der Waals surface area contributed by atoms with Gasteiger partial charge in [0.15, 0.2) is 0 Å². The van der Waals surface area contributed by atoms with E-state index in [0.717, 1.165) is 12.8 Å². The molecule has 1 aliphatic rings. The molecule has 19 heavy (non-hydrogen) atoms. The molecule has 0 saturated heterocycles. The van der Waals surface area contributed by atoms with Crippen molar-refractivity contribution in [2.45, 2.75) is 31.4 Å². The fourth-order valence-electron chi connectivity index (χ4n) is 1.82. The van der Waals surface area contributed by atoms with E-state index >= 15 is 0 Å². The third-order valence-corrected chi connectivity index (χ3v) is 3.42. The molecule has 0 radical (unpaired) electrons. The smallest absolute Gasteiger partial charge is 0.221 e. The van der Waals surface area contributed by atoms with E-state index in [1.165, 1.54) is 0 Å². The first-order chi connectivity index (χ1) is 9.16. The van der Waals surface area contributed by atoms with E-state index in [2.05, 4.69) is 10.6 Å². The molecule has 3 N–H and O–H groups in total. The Morgan fingerprint density at radius 1 is 1.42 bits per heavy atom. The number of hydrogen-bond donors (Lipinski definition) is 3. The lowest BCUT2D eigenvalue weighted by atomic mass is 10.1. The zero-order chi connectivity index (χ0) is 13.7. The number of halogens is 1. The normalized spacial score (nSPS) is 16.1. The van der Waals surface area contributed by atoms with Gasteiger partial charge in [-0.2, -0.15) is 0 Å². The Hall–Kier alpha value is -1.10. The highest BCUT2D eigenvalue weighted by Gasteiger charge is 2.22. The quantitative estimate of drug-likeness (QED) is 0.666. The fraction of sp³-hybridized carbons (Fsp3) is 0.500. The van der Waals surface area contributed by atoms with Crippen molar-refractivity contribution >= 4 is 17.5 Å². The summed E-state index contributed by atoms with van der Waals surface area (Å²) in [6, 6.07) is 7.63. The molecule has 104 valence electrons. The second-order valence-electron chi connectivity index (χ2n) is 4.83. The summed E-state index contributed by atoms with van der Waals surface area (Å²) in [7, 11) is 0. The lowest BCUT2D eigenvalue weighted by molar-refractivity contribution is -0.121. The van der Waals surface area contributed by atoms with Crippen LogP contribution in [0.25, 0.3) is 0 Å². The van der Waals surface area contributed by atoms with E-state index in [1.807, 2.05) is 12.1 Å². The van der Waals surface area contributed by atoms with Crippen molar-refractivity contribution in [3.8, 4) is 0 Å². The molecule has 1 aromatic carbocycles. The highest BCUT2D eigenvalue weighted by atomic mass is 35.5. The summed E-state index contributed by atoms with van der Waals surface area (Å²) in [5.74, 6) is 0.0715. The lowest BCUT2D eigenvalue weighted by Crippen LogP contribution is -2.30. The summed E-state index contributed by atoms with van der Waals surface area (Å²) in [5.41, 5.74) is 0.707. The minimum atomic E-state index is -0.653. The van der Waals surface area contributed by atoms with Crippen molar-refractivity contribution in [2.75, 3.05) is 13.1 Å². The number of rotatable bonds is 7. The van der Waals surface area contributed by atoms with E-state index in [9.17, 15) is 9.90 Å². The van der Waals surface area contributed by atoms with Gasteiger partial charge in [0.25, 0.3) is 0 Å². The summed E-state index contributed by atoms with van der Waals surface area (Å²) in [5, 5.41) is 16.5. The predicted molar refractivity (Wildman–Crippen MR) is 75.1 cm³/mol. The van der Waals surface area contributed by atoms with Crippen molar-refractivity contribution in [1.29, 1.82) is 0 Å². The Morgan fingerprint density at radius 2 is 2.16 bits per heavy atom. The number of amides is 1. The fourth-order valence-corrected chi connectivity index (χ4v) is 2.09. The van der Waals surface area contributed by atoms with Crippen LogP contribution in [0.3, 0.4) is 0 Å². The largest absolute Gasteiger partial charge is 0.387 e. The molecule has 1 amide bonds. The zero-order valence-electron chi connectivity index (χ0n) is 10.7. The Labute approximate surface area is 118 Å². The predicted octanol–water partition coefficient (Wildman–Crippen LogP) is 1.63. The first kappa shape index (κ1) is 14.3. The molecule has 4 nitrogen and oxygen atoms in total. The molecular weight excluding hydrogens is 264 g/mol. The molecule has 0 aromatic heterocycles. The Kier molecular flexibility index (Phi) is 5.19. The van der Waals surface area contributed by atoms with E-state index in [-0.39, 0.29) is 5.91 Å². The van der Waals surface area contributed by atoms with Crippen LogP contribution >= 0.6 is 11.6 Å². The van der Waals surface area contributed by atoms with E-state index in [4.69, 9.17) is 11.6 Å². The molecule has 0 spiro atoms. The summed E-state index contributed by atoms with van der Waals surface area (Å²) in [6.45, 7) is 0.945. The number of hydrogen-bond acceptors (Lipinski definition) is 3. The average Bonchev–Trinajstić information content (AvgIpc) is 3.19. The Bertz CT molecular complexity index is 435. The summed E-state index contributed by atoms with van der Waals surface area (Å²) in [4.78, 5) is 11.4. The number of aliphatic hydroxyl groups excluding tert-OH is 1. The molecule has 5 heteroatoms. The second-order valence-corrected chi connectivity index (χ2v) is 5.24. The Balaban J connectivity index is 1.64. The molecule has 1 fully saturated rings. The topological polar surface area (TPSA) is 61.4 Å². The summed E-state index contributed by atoms with van der Waals surface area (Å²) in [6.07, 6.45) is 1.99. The first-order valence-electron chi connectivity index (χ1n) is 6.59. The number of aliphatic hydroxyl groups is 1. The van der Waals surface area contributed by atoms with Crippen molar-refractivity contribution in [1.82, 2.24) is 10.6 Å². The van der Waals surface area contributed by atoms with Crippen LogP contribution < -0.4 is 10.6 Å². The molecule has 1 atom stereocenters. The van der Waals surface area contributed by atoms with Crippen LogP contribution in [0, 0.1) is 0 Å². The molecular formula is C14H19ClN2O2. The zero-order valence-corrected chi connectivity index (χ0v) is 11.5. The molecule has 2 rings (SSSR count). The molecule has 0 aliphatic heterocycles. The maximum atomic E-state index is 11.4. The maximum Gasteiger partial charge on any atom is 0.221 e. The van der Waals surface area contributed by atoms with Gasteiger partial charge in [-0.15, -0.1) is 0 Å².